The first-order chi connectivity index (χ1) is 9.28. The van der Waals surface area contributed by atoms with Crippen molar-refractivity contribution in [2.24, 2.45) is 16.9 Å². The molecule has 4 nitrogen and oxygen atoms in total. The standard InChI is InChI=1S/C15H18N2O2/c1-19-14-5-3-2-4-12(14)15(18)17-16-13-9-10-6-7-11(13)8-10/h2-5,10-11H,6-9H2,1H3,(H,17,18)/b16-13+. The molecule has 2 aliphatic rings. The van der Waals surface area contributed by atoms with E-state index >= 15 is 0 Å². The van der Waals surface area contributed by atoms with E-state index in [2.05, 4.69) is 10.5 Å². The Kier molecular flexibility index (Phi) is 3.23. The number of hydrazone groups is 1. The van der Waals surface area contributed by atoms with Crippen LogP contribution in [0.25, 0.3) is 0 Å². The van der Waals surface area contributed by atoms with Crippen LogP contribution in [-0.2, 0) is 0 Å². The van der Waals surface area contributed by atoms with Crippen LogP contribution in [0.5, 0.6) is 5.75 Å². The summed E-state index contributed by atoms with van der Waals surface area (Å²) in [5.41, 5.74) is 4.36. The van der Waals surface area contributed by atoms with Crippen molar-refractivity contribution in [3.63, 3.8) is 0 Å². The topological polar surface area (TPSA) is 50.7 Å². The number of fused-ring (bicyclic) bond motifs is 2. The smallest absolute Gasteiger partial charge is 0.275 e. The van der Waals surface area contributed by atoms with Gasteiger partial charge in [-0.15, -0.1) is 0 Å². The van der Waals surface area contributed by atoms with Crippen molar-refractivity contribution in [1.82, 2.24) is 5.43 Å². The van der Waals surface area contributed by atoms with E-state index in [0.717, 1.165) is 12.3 Å². The normalized spacial score (nSPS) is 26.7. The predicted octanol–water partition coefficient (Wildman–Crippen LogP) is 2.60. The lowest BCUT2D eigenvalue weighted by atomic mass is 9.99. The molecule has 4 heteroatoms. The number of hydrogen-bond donors (Lipinski definition) is 1. The average Bonchev–Trinajstić information content (AvgIpc) is 3.07. The van der Waals surface area contributed by atoms with Crippen LogP contribution in [0.1, 0.15) is 36.0 Å². The SMILES string of the molecule is COc1ccccc1C(=O)N/N=C1\CC2CCC1C2. The highest BCUT2D eigenvalue weighted by Crippen LogP contribution is 2.42. The lowest BCUT2D eigenvalue weighted by Gasteiger charge is -2.12. The number of methoxy groups -OCH3 is 1. The maximum atomic E-state index is 12.1. The highest BCUT2D eigenvalue weighted by molar-refractivity contribution is 5.98. The van der Waals surface area contributed by atoms with Gasteiger partial charge in [-0.2, -0.15) is 5.10 Å². The third kappa shape index (κ3) is 2.35. The summed E-state index contributed by atoms with van der Waals surface area (Å²) in [5.74, 6) is 1.77. The lowest BCUT2D eigenvalue weighted by molar-refractivity contribution is 0.0951. The second kappa shape index (κ2) is 5.03. The fourth-order valence-corrected chi connectivity index (χ4v) is 3.18. The number of nitrogens with zero attached hydrogens (tertiary/aromatic N) is 1. The van der Waals surface area contributed by atoms with Gasteiger partial charge in [-0.3, -0.25) is 4.79 Å². The highest BCUT2D eigenvalue weighted by Gasteiger charge is 2.36. The number of amides is 1. The van der Waals surface area contributed by atoms with Crippen LogP contribution >= 0.6 is 0 Å². The molecule has 1 amide bonds. The molecule has 2 atom stereocenters. The van der Waals surface area contributed by atoms with Gasteiger partial charge in [0.2, 0.25) is 0 Å². The zero-order valence-corrected chi connectivity index (χ0v) is 11.1. The molecule has 19 heavy (non-hydrogen) atoms. The fourth-order valence-electron chi connectivity index (χ4n) is 3.18. The molecule has 1 N–H and O–H groups in total. The van der Waals surface area contributed by atoms with Crippen LogP contribution in [-0.4, -0.2) is 18.7 Å². The Balaban J connectivity index is 1.70. The van der Waals surface area contributed by atoms with Crippen molar-refractivity contribution in [2.75, 3.05) is 7.11 Å². The molecule has 0 aliphatic heterocycles. The Morgan fingerprint density at radius 2 is 2.21 bits per heavy atom. The summed E-state index contributed by atoms with van der Waals surface area (Å²) in [5, 5.41) is 4.32. The number of carbonyl (C=O) groups excluding carboxylic acids is 1. The van der Waals surface area contributed by atoms with Gasteiger partial charge in [0.1, 0.15) is 5.75 Å². The molecular formula is C15H18N2O2. The summed E-state index contributed by atoms with van der Waals surface area (Å²) in [7, 11) is 1.56. The molecule has 1 aromatic carbocycles. The van der Waals surface area contributed by atoms with Crippen molar-refractivity contribution >= 4 is 11.6 Å². The maximum absolute atomic E-state index is 12.1. The first-order valence-corrected chi connectivity index (χ1v) is 6.77. The summed E-state index contributed by atoms with van der Waals surface area (Å²) in [6, 6.07) is 7.19. The van der Waals surface area contributed by atoms with Crippen LogP contribution in [0.15, 0.2) is 29.4 Å². The van der Waals surface area contributed by atoms with Gasteiger partial charge in [-0.1, -0.05) is 12.1 Å². The second-order valence-electron chi connectivity index (χ2n) is 5.32. The molecule has 0 aromatic heterocycles. The van der Waals surface area contributed by atoms with E-state index in [9.17, 15) is 4.79 Å². The molecule has 2 fully saturated rings. The number of benzene rings is 1. The molecule has 0 radical (unpaired) electrons. The number of para-hydroxylation sites is 1. The quantitative estimate of drug-likeness (QED) is 0.847. The number of carbonyl (C=O) groups is 1. The van der Waals surface area contributed by atoms with Gasteiger partial charge >= 0.3 is 0 Å². The lowest BCUT2D eigenvalue weighted by Crippen LogP contribution is -2.22. The van der Waals surface area contributed by atoms with Crippen molar-refractivity contribution in [1.29, 1.82) is 0 Å². The van der Waals surface area contributed by atoms with Crippen LogP contribution in [0.2, 0.25) is 0 Å². The van der Waals surface area contributed by atoms with Gasteiger partial charge < -0.3 is 4.74 Å². The summed E-state index contributed by atoms with van der Waals surface area (Å²) < 4.78 is 5.18. The highest BCUT2D eigenvalue weighted by atomic mass is 16.5. The molecule has 0 spiro atoms. The van der Waals surface area contributed by atoms with Crippen molar-refractivity contribution in [2.45, 2.75) is 25.7 Å². The minimum Gasteiger partial charge on any atom is -0.496 e. The monoisotopic (exact) mass is 258 g/mol. The Hall–Kier alpha value is -1.84. The Morgan fingerprint density at radius 3 is 2.89 bits per heavy atom. The molecule has 2 saturated carbocycles. The zero-order valence-electron chi connectivity index (χ0n) is 11.1. The number of hydrogen-bond acceptors (Lipinski definition) is 3. The summed E-state index contributed by atoms with van der Waals surface area (Å²) in [4.78, 5) is 12.1. The van der Waals surface area contributed by atoms with Crippen molar-refractivity contribution in [3.05, 3.63) is 29.8 Å². The van der Waals surface area contributed by atoms with Crippen LogP contribution in [0.4, 0.5) is 0 Å². The van der Waals surface area contributed by atoms with E-state index in [4.69, 9.17) is 4.74 Å². The van der Waals surface area contributed by atoms with Crippen molar-refractivity contribution < 1.29 is 9.53 Å². The van der Waals surface area contributed by atoms with Crippen LogP contribution in [0.3, 0.4) is 0 Å². The van der Waals surface area contributed by atoms with Gasteiger partial charge in [0.15, 0.2) is 0 Å². The van der Waals surface area contributed by atoms with E-state index < -0.39 is 0 Å². The predicted molar refractivity (Wildman–Crippen MR) is 73.3 cm³/mol. The van der Waals surface area contributed by atoms with Crippen molar-refractivity contribution in [3.8, 4) is 5.75 Å². The van der Waals surface area contributed by atoms with Gasteiger partial charge in [0.25, 0.3) is 5.91 Å². The van der Waals surface area contributed by atoms with Crippen LogP contribution < -0.4 is 10.2 Å². The second-order valence-corrected chi connectivity index (χ2v) is 5.32. The molecule has 2 aliphatic carbocycles. The van der Waals surface area contributed by atoms with Crippen LogP contribution in [0, 0.1) is 11.8 Å². The van der Waals surface area contributed by atoms with E-state index in [1.807, 2.05) is 12.1 Å². The molecule has 0 saturated heterocycles. The van der Waals surface area contributed by atoms with E-state index in [1.54, 1.807) is 19.2 Å². The molecule has 2 bridgehead atoms. The van der Waals surface area contributed by atoms with Gasteiger partial charge in [-0.05, 0) is 49.7 Å². The Labute approximate surface area is 112 Å². The Bertz CT molecular complexity index is 525. The third-order valence-corrected chi connectivity index (χ3v) is 4.16. The first kappa shape index (κ1) is 12.2. The maximum Gasteiger partial charge on any atom is 0.275 e. The molecular weight excluding hydrogens is 240 g/mol. The summed E-state index contributed by atoms with van der Waals surface area (Å²) in [6.07, 6.45) is 4.86. The molecule has 100 valence electrons. The van der Waals surface area contributed by atoms with E-state index in [0.29, 0.717) is 17.2 Å². The summed E-state index contributed by atoms with van der Waals surface area (Å²) >= 11 is 0. The number of ether oxygens (including phenoxy) is 1. The minimum atomic E-state index is -0.201. The zero-order chi connectivity index (χ0) is 13.2. The fraction of sp³-hybridized carbons (Fsp3) is 0.467. The first-order valence-electron chi connectivity index (χ1n) is 6.77. The molecule has 1 aromatic rings. The largest absolute Gasteiger partial charge is 0.496 e. The number of rotatable bonds is 3. The van der Waals surface area contributed by atoms with Gasteiger partial charge in [-0.25, -0.2) is 5.43 Å². The summed E-state index contributed by atoms with van der Waals surface area (Å²) in [6.45, 7) is 0. The van der Waals surface area contributed by atoms with E-state index in [-0.39, 0.29) is 5.91 Å². The molecule has 0 heterocycles. The molecule has 3 rings (SSSR count). The van der Waals surface area contributed by atoms with Gasteiger partial charge in [0, 0.05) is 5.71 Å². The number of nitrogens with one attached hydrogen (secondary N) is 1. The van der Waals surface area contributed by atoms with E-state index in [1.165, 1.54) is 25.0 Å². The average molecular weight is 258 g/mol. The third-order valence-electron chi connectivity index (χ3n) is 4.16. The molecule has 2 unspecified atom stereocenters. The Morgan fingerprint density at radius 1 is 1.37 bits per heavy atom. The minimum absolute atomic E-state index is 0.201. The van der Waals surface area contributed by atoms with Gasteiger partial charge in [0.05, 0.1) is 12.7 Å².